The zero-order valence-corrected chi connectivity index (χ0v) is 24.0. The number of likely N-dealkylation sites (N-methyl/N-ethyl adjacent to an activating group) is 1. The van der Waals surface area contributed by atoms with Crippen LogP contribution in [0.4, 0.5) is 0 Å². The van der Waals surface area contributed by atoms with Crippen LogP contribution in [0.15, 0.2) is 29.3 Å². The summed E-state index contributed by atoms with van der Waals surface area (Å²) in [6.07, 6.45) is 0.404. The van der Waals surface area contributed by atoms with Gasteiger partial charge in [-0.3, -0.25) is 19.7 Å². The second-order valence-corrected chi connectivity index (χ2v) is 11.7. The molecular formula is C27H35ClN8OS. The summed E-state index contributed by atoms with van der Waals surface area (Å²) in [7, 11) is 2.16. The van der Waals surface area contributed by atoms with Crippen molar-refractivity contribution < 1.29 is 4.79 Å². The van der Waals surface area contributed by atoms with Crippen molar-refractivity contribution in [2.45, 2.75) is 33.4 Å². The van der Waals surface area contributed by atoms with E-state index in [2.05, 4.69) is 56.1 Å². The summed E-state index contributed by atoms with van der Waals surface area (Å²) in [5.41, 5.74) is 4.06. The second-order valence-electron chi connectivity index (χ2n) is 10.0. The van der Waals surface area contributed by atoms with E-state index < -0.39 is 6.17 Å². The van der Waals surface area contributed by atoms with Gasteiger partial charge < -0.3 is 15.1 Å². The highest BCUT2D eigenvalue weighted by atomic mass is 35.5. The third kappa shape index (κ3) is 5.69. The Labute approximate surface area is 232 Å². The van der Waals surface area contributed by atoms with Gasteiger partial charge in [-0.2, -0.15) is 0 Å². The average Bonchev–Trinajstić information content (AvgIpc) is 3.38. The van der Waals surface area contributed by atoms with Gasteiger partial charge in [0.2, 0.25) is 5.91 Å². The lowest BCUT2D eigenvalue weighted by Crippen LogP contribution is -2.45. The minimum Gasteiger partial charge on any atom is -0.355 e. The first-order valence-electron chi connectivity index (χ1n) is 13.1. The highest BCUT2D eigenvalue weighted by Gasteiger charge is 2.31. The van der Waals surface area contributed by atoms with Gasteiger partial charge in [-0.25, -0.2) is 0 Å². The number of aromatic nitrogens is 3. The van der Waals surface area contributed by atoms with E-state index in [9.17, 15) is 4.79 Å². The number of fused-ring (bicyclic) bond motifs is 3. The second kappa shape index (κ2) is 11.6. The molecule has 0 saturated carbocycles. The van der Waals surface area contributed by atoms with Gasteiger partial charge in [-0.1, -0.05) is 23.7 Å². The predicted octanol–water partition coefficient (Wildman–Crippen LogP) is 3.10. The summed E-state index contributed by atoms with van der Waals surface area (Å²) in [6, 6.07) is 7.73. The van der Waals surface area contributed by atoms with Crippen molar-refractivity contribution in [3.63, 3.8) is 0 Å². The number of benzene rings is 1. The van der Waals surface area contributed by atoms with E-state index in [4.69, 9.17) is 16.6 Å². The summed E-state index contributed by atoms with van der Waals surface area (Å²) in [5.74, 6) is 1.41. The van der Waals surface area contributed by atoms with Crippen molar-refractivity contribution in [3.8, 4) is 5.00 Å². The first-order chi connectivity index (χ1) is 18.3. The van der Waals surface area contributed by atoms with Crippen LogP contribution in [0, 0.1) is 20.8 Å². The summed E-state index contributed by atoms with van der Waals surface area (Å²) in [4.78, 5) is 23.9. The zero-order chi connectivity index (χ0) is 26.8. The number of aliphatic imine (C=N–C) groups is 1. The summed E-state index contributed by atoms with van der Waals surface area (Å²) in [6.45, 7) is 12.4. The highest BCUT2D eigenvalue weighted by molar-refractivity contribution is 7.15. The smallest absolute Gasteiger partial charge is 0.234 e. The lowest BCUT2D eigenvalue weighted by molar-refractivity contribution is -0.120. The van der Waals surface area contributed by atoms with Crippen LogP contribution >= 0.6 is 22.9 Å². The number of rotatable bonds is 8. The molecule has 2 N–H and O–H groups in total. The molecule has 11 heteroatoms. The largest absolute Gasteiger partial charge is 0.355 e. The van der Waals surface area contributed by atoms with Crippen molar-refractivity contribution in [1.29, 1.82) is 0 Å². The number of hydrogen-bond acceptors (Lipinski definition) is 8. The molecule has 1 amide bonds. The Morgan fingerprint density at radius 1 is 1.11 bits per heavy atom. The van der Waals surface area contributed by atoms with Gasteiger partial charge in [-0.05, 0) is 58.5 Å². The number of amides is 1. The predicted molar refractivity (Wildman–Crippen MR) is 153 cm³/mol. The molecular weight excluding hydrogens is 520 g/mol. The minimum absolute atomic E-state index is 0.0551. The number of thiophene rings is 1. The van der Waals surface area contributed by atoms with Crippen LogP contribution in [-0.2, 0) is 4.79 Å². The van der Waals surface area contributed by atoms with E-state index in [-0.39, 0.29) is 12.5 Å². The van der Waals surface area contributed by atoms with Gasteiger partial charge in [0.15, 0.2) is 12.0 Å². The monoisotopic (exact) mass is 554 g/mol. The highest BCUT2D eigenvalue weighted by Crippen LogP contribution is 2.38. The molecule has 38 heavy (non-hydrogen) atoms. The van der Waals surface area contributed by atoms with Gasteiger partial charge in [0, 0.05) is 53.8 Å². The maximum absolute atomic E-state index is 12.7. The number of carbonyl (C=O) groups is 1. The van der Waals surface area contributed by atoms with Crippen molar-refractivity contribution in [3.05, 3.63) is 62.5 Å². The fourth-order valence-corrected chi connectivity index (χ4v) is 6.26. The SMILES string of the molecule is Cc1sc2c(c1C)C(c1ccc(Cl)cc1)=NC(NCC(=O)NCCCN1CCN(C)CC1)c1nnc(C)n1-2. The van der Waals surface area contributed by atoms with Crippen LogP contribution in [0.25, 0.3) is 5.00 Å². The quantitative estimate of drug-likeness (QED) is 0.416. The number of carbonyl (C=O) groups excluding carboxylic acids is 1. The van der Waals surface area contributed by atoms with Crippen molar-refractivity contribution >= 4 is 34.6 Å². The first-order valence-corrected chi connectivity index (χ1v) is 14.3. The third-order valence-electron chi connectivity index (χ3n) is 7.30. The van der Waals surface area contributed by atoms with E-state index in [1.165, 1.54) is 10.4 Å². The number of nitrogens with one attached hydrogen (secondary N) is 2. The van der Waals surface area contributed by atoms with Gasteiger partial charge >= 0.3 is 0 Å². The van der Waals surface area contributed by atoms with E-state index in [1.807, 2.05) is 31.2 Å². The van der Waals surface area contributed by atoms with Crippen LogP contribution in [0.2, 0.25) is 5.02 Å². The number of piperazine rings is 1. The number of hydrogen-bond donors (Lipinski definition) is 2. The van der Waals surface area contributed by atoms with E-state index >= 15 is 0 Å². The Morgan fingerprint density at radius 3 is 2.58 bits per heavy atom. The molecule has 1 atom stereocenters. The first kappa shape index (κ1) is 27.0. The molecule has 2 aromatic heterocycles. The lowest BCUT2D eigenvalue weighted by atomic mass is 10.00. The molecule has 9 nitrogen and oxygen atoms in total. The molecule has 0 radical (unpaired) electrons. The van der Waals surface area contributed by atoms with Gasteiger partial charge in [-0.15, -0.1) is 21.5 Å². The standard InChI is InChI=1S/C27H35ClN8OS/c1-17-18(2)38-27-23(17)24(20-6-8-21(28)9-7-20)31-25(26-33-32-19(3)36(26)27)30-16-22(37)29-10-5-11-35-14-12-34(4)13-15-35/h6-9,25,30H,5,10-16H2,1-4H3,(H,29,37). The average molecular weight is 555 g/mol. The Balaban J connectivity index is 1.32. The van der Waals surface area contributed by atoms with Crippen LogP contribution in [0.5, 0.6) is 0 Å². The molecule has 0 aliphatic carbocycles. The molecule has 1 saturated heterocycles. The van der Waals surface area contributed by atoms with E-state index in [0.29, 0.717) is 17.4 Å². The molecule has 1 aromatic carbocycles. The summed E-state index contributed by atoms with van der Waals surface area (Å²) < 4.78 is 2.07. The fourth-order valence-electron chi connectivity index (χ4n) is 4.92. The molecule has 4 heterocycles. The molecule has 2 aliphatic rings. The molecule has 3 aromatic rings. The molecule has 1 fully saturated rings. The fraction of sp³-hybridized carbons (Fsp3) is 0.481. The third-order valence-corrected chi connectivity index (χ3v) is 8.75. The van der Waals surface area contributed by atoms with E-state index in [1.54, 1.807) is 11.3 Å². The Bertz CT molecular complexity index is 1320. The number of halogens is 1. The summed E-state index contributed by atoms with van der Waals surface area (Å²) in [5, 5.41) is 16.9. The summed E-state index contributed by atoms with van der Waals surface area (Å²) >= 11 is 7.90. The molecule has 0 bridgehead atoms. The minimum atomic E-state index is -0.530. The number of nitrogens with zero attached hydrogens (tertiary/aromatic N) is 6. The lowest BCUT2D eigenvalue weighted by Gasteiger charge is -2.32. The van der Waals surface area contributed by atoms with Crippen LogP contribution < -0.4 is 10.6 Å². The van der Waals surface area contributed by atoms with Crippen LogP contribution in [0.3, 0.4) is 0 Å². The molecule has 2 aliphatic heterocycles. The number of aryl methyl sites for hydroxylation is 2. The van der Waals surface area contributed by atoms with E-state index in [0.717, 1.165) is 66.8 Å². The van der Waals surface area contributed by atoms with Crippen LogP contribution in [0.1, 0.15) is 45.8 Å². The van der Waals surface area contributed by atoms with Gasteiger partial charge in [0.05, 0.1) is 12.3 Å². The molecule has 1 unspecified atom stereocenters. The van der Waals surface area contributed by atoms with Gasteiger partial charge in [0.25, 0.3) is 0 Å². The van der Waals surface area contributed by atoms with Crippen molar-refractivity contribution in [2.24, 2.45) is 4.99 Å². The Morgan fingerprint density at radius 2 is 1.84 bits per heavy atom. The van der Waals surface area contributed by atoms with Crippen molar-refractivity contribution in [2.75, 3.05) is 52.9 Å². The molecule has 202 valence electrons. The Kier molecular flexibility index (Phi) is 8.25. The van der Waals surface area contributed by atoms with Crippen LogP contribution in [-0.4, -0.2) is 89.0 Å². The molecule has 0 spiro atoms. The normalized spacial score (nSPS) is 18.0. The maximum Gasteiger partial charge on any atom is 0.234 e. The maximum atomic E-state index is 12.7. The van der Waals surface area contributed by atoms with Gasteiger partial charge in [0.1, 0.15) is 10.8 Å². The zero-order valence-electron chi connectivity index (χ0n) is 22.4. The topological polar surface area (TPSA) is 90.7 Å². The molecule has 5 rings (SSSR count). The van der Waals surface area contributed by atoms with Crippen molar-refractivity contribution in [1.82, 2.24) is 35.2 Å². The Hall–Kier alpha value is -2.63.